The van der Waals surface area contributed by atoms with Crippen molar-refractivity contribution in [3.05, 3.63) is 68.5 Å². The lowest BCUT2D eigenvalue weighted by atomic mass is 9.83. The molecule has 354 valence electrons. The Kier molecular flexibility index (Phi) is 17.5. The smallest absolute Gasteiger partial charge is 0.330 e. The number of benzene rings is 1. The number of aromatic amines is 1. The zero-order valence-corrected chi connectivity index (χ0v) is 39.8. The normalized spacial score (nSPS) is 29.3. The molecule has 0 spiro atoms. The molecule has 4 aliphatic heterocycles. The molecule has 9 atom stereocenters. The molecule has 2 aromatic rings. The molecule has 4 fully saturated rings. The van der Waals surface area contributed by atoms with Crippen LogP contribution in [0.4, 0.5) is 0 Å². The summed E-state index contributed by atoms with van der Waals surface area (Å²) in [5, 5.41) is 0. The average Bonchev–Trinajstić information content (AvgIpc) is 3.88. The van der Waals surface area contributed by atoms with Crippen LogP contribution in [0.5, 0.6) is 0 Å². The first kappa shape index (κ1) is 51.7. The predicted octanol–water partition coefficient (Wildman–Crippen LogP) is 7.17. The van der Waals surface area contributed by atoms with Crippen LogP contribution < -0.4 is 11.2 Å². The van der Waals surface area contributed by atoms with E-state index in [4.69, 9.17) is 42.6 Å². The molecule has 0 bridgehead atoms. The highest BCUT2D eigenvalue weighted by Gasteiger charge is 2.61. The van der Waals surface area contributed by atoms with Crippen LogP contribution in [-0.2, 0) is 63.6 Å². The number of aryl methyl sites for hydroxylation is 1. The minimum absolute atomic E-state index is 0.0132. The third-order valence-corrected chi connectivity index (χ3v) is 13.3. The van der Waals surface area contributed by atoms with Gasteiger partial charge in [-0.25, -0.2) is 4.79 Å². The zero-order valence-electron chi connectivity index (χ0n) is 39.8. The van der Waals surface area contributed by atoms with E-state index in [1.807, 2.05) is 73.6 Å². The third kappa shape index (κ3) is 11.5. The van der Waals surface area contributed by atoms with Crippen LogP contribution in [0, 0.1) is 18.8 Å². The van der Waals surface area contributed by atoms with Gasteiger partial charge in [0.2, 0.25) is 6.29 Å². The van der Waals surface area contributed by atoms with Gasteiger partial charge in [-0.1, -0.05) is 85.7 Å². The molecule has 0 radical (unpaired) electrons. The summed E-state index contributed by atoms with van der Waals surface area (Å²) in [5.74, 6) is -1.96. The summed E-state index contributed by atoms with van der Waals surface area (Å²) in [6.45, 7) is 26.2. The highest BCUT2D eigenvalue weighted by Crippen LogP contribution is 2.48. The molecule has 63 heavy (non-hydrogen) atoms. The zero-order chi connectivity index (χ0) is 47.1. The Balaban J connectivity index is 0.000000209. The van der Waals surface area contributed by atoms with Gasteiger partial charge in [0.1, 0.15) is 12.2 Å². The number of ether oxygens (including phenoxy) is 9. The van der Waals surface area contributed by atoms with Crippen LogP contribution in [0.2, 0.25) is 0 Å². The van der Waals surface area contributed by atoms with Gasteiger partial charge in [0.25, 0.3) is 5.56 Å². The summed E-state index contributed by atoms with van der Waals surface area (Å²) in [4.78, 5) is 59.8. The minimum atomic E-state index is -0.804. The minimum Gasteiger partial charge on any atom is -0.457 e. The van der Waals surface area contributed by atoms with Crippen molar-refractivity contribution < 1.29 is 57.0 Å². The summed E-state index contributed by atoms with van der Waals surface area (Å²) in [6, 6.07) is 10.2. The van der Waals surface area contributed by atoms with Crippen LogP contribution in [-0.4, -0.2) is 87.0 Å². The van der Waals surface area contributed by atoms with E-state index in [1.54, 1.807) is 6.92 Å². The lowest BCUT2D eigenvalue weighted by Crippen LogP contribution is -2.46. The first-order valence-corrected chi connectivity index (χ1v) is 22.5. The molecule has 16 nitrogen and oxygen atoms in total. The van der Waals surface area contributed by atoms with Crippen molar-refractivity contribution >= 4 is 17.9 Å². The molecule has 1 aromatic heterocycles. The number of esters is 3. The van der Waals surface area contributed by atoms with E-state index >= 15 is 0 Å². The van der Waals surface area contributed by atoms with Crippen molar-refractivity contribution in [2.24, 2.45) is 11.8 Å². The van der Waals surface area contributed by atoms with Gasteiger partial charge in [0, 0.05) is 44.4 Å². The predicted molar refractivity (Wildman–Crippen MR) is 232 cm³/mol. The molecule has 1 N–H and O–H groups in total. The lowest BCUT2D eigenvalue weighted by molar-refractivity contribution is -0.246. The van der Waals surface area contributed by atoms with Crippen molar-refractivity contribution in [3.8, 4) is 0 Å². The number of carbonyl (C=O) groups excluding carboxylic acids is 3. The Morgan fingerprint density at radius 2 is 1.19 bits per heavy atom. The number of fused-ring (bicyclic) bond motifs is 1. The van der Waals surface area contributed by atoms with Gasteiger partial charge in [-0.05, 0) is 64.9 Å². The molecule has 6 rings (SSSR count). The van der Waals surface area contributed by atoms with E-state index in [0.717, 1.165) is 44.1 Å². The number of carbonyl (C=O) groups is 3. The Morgan fingerprint density at radius 3 is 1.71 bits per heavy atom. The van der Waals surface area contributed by atoms with Gasteiger partial charge in [0.15, 0.2) is 30.5 Å². The van der Waals surface area contributed by atoms with Crippen LogP contribution in [0.3, 0.4) is 0 Å². The van der Waals surface area contributed by atoms with E-state index in [1.165, 1.54) is 31.5 Å². The standard InChI is InChI=1S/C18H26O4.C16H24N2O5.C13H22O5/c1-5-18(6-2)15(19-12-13-10-8-7-9-11-13)14-16(22-18)21-17(3,4)20-14;1-6-16(7-2)10(4)12(22-11(5)19)14(23-16)18-8-9(3)13(20)17-15(18)21;1-6-13(7-2)8(3)11(16-9(4)14)12(18-13)17-10(5)15/h7-11,14-16H,5-6,12H2,1-4H3;8,10,12,14H,6-7H2,1-5H3,(H,17,20,21);8,11-12H,6-7H2,1-5H3/t14-,15?,16-;10?,12-,14+;8?,11-,12?/m000/s1. The fourth-order valence-electron chi connectivity index (χ4n) is 9.45. The number of hydrogen-bond acceptors (Lipinski definition) is 14. The van der Waals surface area contributed by atoms with E-state index in [-0.39, 0.29) is 35.9 Å². The summed E-state index contributed by atoms with van der Waals surface area (Å²) < 4.78 is 53.7. The van der Waals surface area contributed by atoms with Crippen molar-refractivity contribution in [1.29, 1.82) is 0 Å². The maximum atomic E-state index is 12.2. The molecule has 4 saturated heterocycles. The summed E-state index contributed by atoms with van der Waals surface area (Å²) in [7, 11) is 0. The van der Waals surface area contributed by atoms with Gasteiger partial charge >= 0.3 is 23.6 Å². The lowest BCUT2D eigenvalue weighted by Gasteiger charge is -2.35. The van der Waals surface area contributed by atoms with Crippen LogP contribution >= 0.6 is 0 Å². The Hall–Kier alpha value is -3.93. The molecular weight excluding hydrogens is 817 g/mol. The summed E-state index contributed by atoms with van der Waals surface area (Å²) >= 11 is 0. The molecule has 0 aliphatic carbocycles. The maximum Gasteiger partial charge on any atom is 0.330 e. The second-order valence-electron chi connectivity index (χ2n) is 17.4. The van der Waals surface area contributed by atoms with Crippen LogP contribution in [0.25, 0.3) is 0 Å². The second-order valence-corrected chi connectivity index (χ2v) is 17.4. The average molecular weight is 889 g/mol. The third-order valence-electron chi connectivity index (χ3n) is 13.3. The SMILES string of the molecule is CCC1(CC)OC(OC(C)=O)[C@@H](OC(C)=O)C1C.CCC1(CC)O[C@@H](n2cc(C)c(=O)[nH]c2=O)[C@@H](OC(C)=O)C1C.CCC1(CC)O[C@@H]2OC(C)(C)O[C@H]2C1OCc1ccccc1. The molecule has 16 heteroatoms. The number of nitrogens with zero attached hydrogens (tertiary/aromatic N) is 1. The molecule has 4 aliphatic rings. The Bertz CT molecular complexity index is 1950. The van der Waals surface area contributed by atoms with E-state index in [0.29, 0.717) is 12.2 Å². The second kappa shape index (κ2) is 21.4. The molecule has 4 unspecified atom stereocenters. The largest absolute Gasteiger partial charge is 0.457 e. The highest BCUT2D eigenvalue weighted by molar-refractivity contribution is 5.67. The van der Waals surface area contributed by atoms with Gasteiger partial charge in [-0.2, -0.15) is 0 Å². The highest BCUT2D eigenvalue weighted by atomic mass is 16.8. The maximum absolute atomic E-state index is 12.2. The molecule has 0 amide bonds. The Labute approximate surface area is 371 Å². The molecule has 0 saturated carbocycles. The van der Waals surface area contributed by atoms with Crippen molar-refractivity contribution in [3.63, 3.8) is 0 Å². The number of H-pyrrole nitrogens is 1. The van der Waals surface area contributed by atoms with Crippen LogP contribution in [0.15, 0.2) is 46.1 Å². The fourth-order valence-corrected chi connectivity index (χ4v) is 9.45. The molecular formula is C47H72N2O14. The van der Waals surface area contributed by atoms with Gasteiger partial charge in [0.05, 0.1) is 23.4 Å². The number of hydrogen-bond donors (Lipinski definition) is 1. The summed E-state index contributed by atoms with van der Waals surface area (Å²) in [5.41, 5.74) is -0.663. The number of rotatable bonds is 13. The fraction of sp³-hybridized carbons (Fsp3) is 0.723. The first-order chi connectivity index (χ1) is 29.6. The van der Waals surface area contributed by atoms with E-state index in [9.17, 15) is 24.0 Å². The van der Waals surface area contributed by atoms with Crippen molar-refractivity contribution in [2.75, 3.05) is 0 Å². The quantitative estimate of drug-likeness (QED) is 0.157. The summed E-state index contributed by atoms with van der Waals surface area (Å²) in [6.07, 6.45) is 2.93. The molecule has 1 aromatic carbocycles. The van der Waals surface area contributed by atoms with E-state index in [2.05, 4.69) is 31.0 Å². The first-order valence-electron chi connectivity index (χ1n) is 22.5. The van der Waals surface area contributed by atoms with Crippen molar-refractivity contribution in [2.45, 2.75) is 208 Å². The molecule has 5 heterocycles. The number of aromatic nitrogens is 2. The Morgan fingerprint density at radius 1 is 0.683 bits per heavy atom. The van der Waals surface area contributed by atoms with Gasteiger partial charge in [-0.15, -0.1) is 0 Å². The van der Waals surface area contributed by atoms with Gasteiger partial charge in [-0.3, -0.25) is 28.7 Å². The van der Waals surface area contributed by atoms with Crippen LogP contribution in [0.1, 0.15) is 146 Å². The van der Waals surface area contributed by atoms with E-state index < -0.39 is 70.9 Å². The van der Waals surface area contributed by atoms with Gasteiger partial charge < -0.3 is 42.6 Å². The van der Waals surface area contributed by atoms with Crippen molar-refractivity contribution in [1.82, 2.24) is 9.55 Å². The number of nitrogens with one attached hydrogen (secondary N) is 1. The monoisotopic (exact) mass is 888 g/mol. The topological polar surface area (TPSA) is 189 Å².